The summed E-state index contributed by atoms with van der Waals surface area (Å²) in [6.45, 7) is 4.53. The number of hydrogen-bond donors (Lipinski definition) is 1. The molecule has 1 amide bonds. The Balaban J connectivity index is 2.61. The van der Waals surface area contributed by atoms with E-state index in [2.05, 4.69) is 0 Å². The second kappa shape index (κ2) is 5.20. The first-order valence-electron chi connectivity index (χ1n) is 4.78. The zero-order valence-corrected chi connectivity index (χ0v) is 8.99. The molecule has 1 aromatic carbocycles. The van der Waals surface area contributed by atoms with Crippen LogP contribution in [0.25, 0.3) is 0 Å². The van der Waals surface area contributed by atoms with Gasteiger partial charge in [-0.05, 0) is 43.7 Å². The Labute approximate surface area is 89.5 Å². The van der Waals surface area contributed by atoms with E-state index in [0.717, 1.165) is 11.3 Å². The van der Waals surface area contributed by atoms with E-state index in [4.69, 9.17) is 10.5 Å². The van der Waals surface area contributed by atoms with Crippen LogP contribution in [0.1, 0.15) is 24.2 Å². The minimum Gasteiger partial charge on any atom is -0.489 e. The number of nitrogens with two attached hydrogens (primary N) is 1. The van der Waals surface area contributed by atoms with Crippen molar-refractivity contribution < 1.29 is 9.53 Å². The van der Waals surface area contributed by atoms with Gasteiger partial charge in [-0.25, -0.2) is 0 Å². The van der Waals surface area contributed by atoms with Gasteiger partial charge in [0.15, 0.2) is 0 Å². The van der Waals surface area contributed by atoms with Gasteiger partial charge >= 0.3 is 0 Å². The van der Waals surface area contributed by atoms with Gasteiger partial charge in [0, 0.05) is 5.56 Å². The van der Waals surface area contributed by atoms with Crippen molar-refractivity contribution in [3.8, 4) is 5.75 Å². The van der Waals surface area contributed by atoms with E-state index >= 15 is 0 Å². The Morgan fingerprint density at radius 2 is 2.00 bits per heavy atom. The quantitative estimate of drug-likeness (QED) is 0.765. The molecule has 0 saturated heterocycles. The van der Waals surface area contributed by atoms with Gasteiger partial charge in [0.05, 0.1) is 0 Å². The average Bonchev–Trinajstić information content (AvgIpc) is 2.26. The van der Waals surface area contributed by atoms with E-state index in [1.807, 2.05) is 19.9 Å². The standard InChI is InChI=1S/C12H15NO2/c1-3-9(2)8-15-11-6-4-10(5-7-11)12(13)14/h3-7H,8H2,1-2H3,(H2,13,14). The lowest BCUT2D eigenvalue weighted by atomic mass is 10.2. The van der Waals surface area contributed by atoms with Crippen LogP contribution in [-0.4, -0.2) is 12.5 Å². The summed E-state index contributed by atoms with van der Waals surface area (Å²) < 4.78 is 5.47. The molecule has 0 fully saturated rings. The summed E-state index contributed by atoms with van der Waals surface area (Å²) in [6, 6.07) is 6.79. The third kappa shape index (κ3) is 3.46. The van der Waals surface area contributed by atoms with Crippen LogP contribution in [0.3, 0.4) is 0 Å². The number of carbonyl (C=O) groups excluding carboxylic acids is 1. The molecule has 0 aromatic heterocycles. The predicted molar refractivity (Wildman–Crippen MR) is 59.9 cm³/mol. The van der Waals surface area contributed by atoms with Crippen LogP contribution in [0.15, 0.2) is 35.9 Å². The van der Waals surface area contributed by atoms with E-state index in [-0.39, 0.29) is 0 Å². The Morgan fingerprint density at radius 3 is 2.47 bits per heavy atom. The zero-order chi connectivity index (χ0) is 11.3. The molecule has 0 atom stereocenters. The molecule has 1 aromatic rings. The van der Waals surface area contributed by atoms with Crippen molar-refractivity contribution in [3.05, 3.63) is 41.5 Å². The van der Waals surface area contributed by atoms with Gasteiger partial charge in [0.25, 0.3) is 0 Å². The van der Waals surface area contributed by atoms with Crippen molar-refractivity contribution in [2.75, 3.05) is 6.61 Å². The van der Waals surface area contributed by atoms with Crippen LogP contribution in [0, 0.1) is 0 Å². The fraction of sp³-hybridized carbons (Fsp3) is 0.250. The fourth-order valence-corrected chi connectivity index (χ4v) is 0.996. The summed E-state index contributed by atoms with van der Waals surface area (Å²) in [6.07, 6.45) is 2.00. The third-order valence-corrected chi connectivity index (χ3v) is 2.10. The van der Waals surface area contributed by atoms with Crippen molar-refractivity contribution in [3.63, 3.8) is 0 Å². The van der Waals surface area contributed by atoms with Gasteiger partial charge in [0.1, 0.15) is 12.4 Å². The lowest BCUT2D eigenvalue weighted by molar-refractivity contribution is 0.100. The number of primary amides is 1. The normalized spacial score (nSPS) is 11.2. The SMILES string of the molecule is CC=C(C)COc1ccc(C(N)=O)cc1. The Morgan fingerprint density at radius 1 is 1.40 bits per heavy atom. The maximum absolute atomic E-state index is 10.8. The highest BCUT2D eigenvalue weighted by atomic mass is 16.5. The number of benzene rings is 1. The molecule has 3 heteroatoms. The molecule has 0 aliphatic carbocycles. The highest BCUT2D eigenvalue weighted by Gasteiger charge is 1.99. The van der Waals surface area contributed by atoms with Crippen molar-refractivity contribution in [1.29, 1.82) is 0 Å². The lowest BCUT2D eigenvalue weighted by Gasteiger charge is -2.06. The van der Waals surface area contributed by atoms with Crippen LogP contribution in [0.4, 0.5) is 0 Å². The van der Waals surface area contributed by atoms with E-state index in [0.29, 0.717) is 12.2 Å². The van der Waals surface area contributed by atoms with Gasteiger partial charge in [-0.1, -0.05) is 6.08 Å². The average molecular weight is 205 g/mol. The van der Waals surface area contributed by atoms with Gasteiger partial charge < -0.3 is 10.5 Å². The van der Waals surface area contributed by atoms with E-state index in [9.17, 15) is 4.79 Å². The second-order valence-corrected chi connectivity index (χ2v) is 3.31. The monoisotopic (exact) mass is 205 g/mol. The summed E-state index contributed by atoms with van der Waals surface area (Å²) in [5, 5.41) is 0. The molecule has 0 spiro atoms. The Bertz CT molecular complexity index is 366. The number of hydrogen-bond acceptors (Lipinski definition) is 2. The van der Waals surface area contributed by atoms with E-state index in [1.54, 1.807) is 24.3 Å². The van der Waals surface area contributed by atoms with Crippen LogP contribution >= 0.6 is 0 Å². The van der Waals surface area contributed by atoms with Gasteiger partial charge in [-0.15, -0.1) is 0 Å². The first-order valence-corrected chi connectivity index (χ1v) is 4.78. The van der Waals surface area contributed by atoms with Crippen molar-refractivity contribution in [2.45, 2.75) is 13.8 Å². The largest absolute Gasteiger partial charge is 0.489 e. The molecule has 0 saturated carbocycles. The molecule has 0 aliphatic heterocycles. The molecular formula is C12H15NO2. The predicted octanol–water partition coefficient (Wildman–Crippen LogP) is 2.13. The van der Waals surface area contributed by atoms with Crippen LogP contribution in [0.5, 0.6) is 5.75 Å². The molecule has 80 valence electrons. The number of carbonyl (C=O) groups is 1. The number of amides is 1. The van der Waals surface area contributed by atoms with E-state index < -0.39 is 5.91 Å². The molecule has 0 unspecified atom stereocenters. The first-order chi connectivity index (χ1) is 7.13. The topological polar surface area (TPSA) is 52.3 Å². The van der Waals surface area contributed by atoms with Crippen molar-refractivity contribution in [2.24, 2.45) is 5.73 Å². The van der Waals surface area contributed by atoms with Gasteiger partial charge in [0.2, 0.25) is 5.91 Å². The Kier molecular flexibility index (Phi) is 3.92. The number of rotatable bonds is 4. The summed E-state index contributed by atoms with van der Waals surface area (Å²) in [5.41, 5.74) is 6.77. The second-order valence-electron chi connectivity index (χ2n) is 3.31. The lowest BCUT2D eigenvalue weighted by Crippen LogP contribution is -2.10. The van der Waals surface area contributed by atoms with Gasteiger partial charge in [-0.3, -0.25) is 4.79 Å². The highest BCUT2D eigenvalue weighted by Crippen LogP contribution is 2.12. The molecule has 0 heterocycles. The molecule has 3 nitrogen and oxygen atoms in total. The zero-order valence-electron chi connectivity index (χ0n) is 8.99. The summed E-state index contributed by atoms with van der Waals surface area (Å²) in [4.78, 5) is 10.8. The maximum Gasteiger partial charge on any atom is 0.248 e. The number of ether oxygens (including phenoxy) is 1. The maximum atomic E-state index is 10.8. The molecule has 15 heavy (non-hydrogen) atoms. The smallest absolute Gasteiger partial charge is 0.248 e. The number of allylic oxidation sites excluding steroid dienone is 1. The highest BCUT2D eigenvalue weighted by molar-refractivity contribution is 5.92. The summed E-state index contributed by atoms with van der Waals surface area (Å²) >= 11 is 0. The van der Waals surface area contributed by atoms with Crippen LogP contribution in [0.2, 0.25) is 0 Å². The van der Waals surface area contributed by atoms with Crippen LogP contribution < -0.4 is 10.5 Å². The minimum absolute atomic E-state index is 0.425. The van der Waals surface area contributed by atoms with Crippen molar-refractivity contribution in [1.82, 2.24) is 0 Å². The Hall–Kier alpha value is -1.77. The molecular weight excluding hydrogens is 190 g/mol. The summed E-state index contributed by atoms with van der Waals surface area (Å²) in [7, 11) is 0. The van der Waals surface area contributed by atoms with Crippen molar-refractivity contribution >= 4 is 5.91 Å². The third-order valence-electron chi connectivity index (χ3n) is 2.10. The molecule has 0 radical (unpaired) electrons. The summed E-state index contributed by atoms with van der Waals surface area (Å²) in [5.74, 6) is 0.312. The van der Waals surface area contributed by atoms with E-state index in [1.165, 1.54) is 0 Å². The molecule has 0 bridgehead atoms. The van der Waals surface area contributed by atoms with Gasteiger partial charge in [-0.2, -0.15) is 0 Å². The fourth-order valence-electron chi connectivity index (χ4n) is 0.996. The molecule has 0 aliphatic rings. The molecule has 1 rings (SSSR count). The minimum atomic E-state index is -0.425. The van der Waals surface area contributed by atoms with Crippen LogP contribution in [-0.2, 0) is 0 Å². The molecule has 2 N–H and O–H groups in total. The first kappa shape index (κ1) is 11.3.